The van der Waals surface area contributed by atoms with Crippen LogP contribution in [0.2, 0.25) is 0 Å². The Morgan fingerprint density at radius 3 is 1.88 bits per heavy atom. The van der Waals surface area contributed by atoms with Crippen molar-refractivity contribution in [2.45, 2.75) is 104 Å². The average molecular weight is 356 g/mol. The highest BCUT2D eigenvalue weighted by atomic mass is 35.5. The largest absolute Gasteiger partial charge is 0.363 e. The molecule has 0 N–H and O–H groups in total. The highest BCUT2D eigenvalue weighted by Crippen LogP contribution is 2.28. The van der Waals surface area contributed by atoms with E-state index in [9.17, 15) is 0 Å². The van der Waals surface area contributed by atoms with Crippen molar-refractivity contribution in [1.29, 1.82) is 0 Å². The van der Waals surface area contributed by atoms with Crippen LogP contribution in [0.5, 0.6) is 0 Å². The first-order valence-corrected chi connectivity index (χ1v) is 11.1. The number of allylic oxidation sites excluding steroid dienone is 1. The van der Waals surface area contributed by atoms with E-state index in [0.717, 1.165) is 18.2 Å². The maximum atomic E-state index is 6.45. The molecule has 1 heterocycles. The van der Waals surface area contributed by atoms with Gasteiger partial charge in [0.1, 0.15) is 5.16 Å². The Balaban J connectivity index is 1.91. The predicted molar refractivity (Wildman–Crippen MR) is 110 cm³/mol. The summed E-state index contributed by atoms with van der Waals surface area (Å²) >= 11 is 6.45. The van der Waals surface area contributed by atoms with Crippen molar-refractivity contribution in [1.82, 2.24) is 4.90 Å². The van der Waals surface area contributed by atoms with Crippen molar-refractivity contribution in [3.8, 4) is 0 Å². The summed E-state index contributed by atoms with van der Waals surface area (Å²) in [5, 5.41) is 1.00. The molecule has 0 aromatic rings. The molecule has 1 rings (SSSR count). The topological polar surface area (TPSA) is 3.24 Å². The van der Waals surface area contributed by atoms with Gasteiger partial charge in [-0.2, -0.15) is 0 Å². The fourth-order valence-corrected chi connectivity index (χ4v) is 4.00. The van der Waals surface area contributed by atoms with Crippen LogP contribution in [-0.2, 0) is 0 Å². The number of nitrogens with zero attached hydrogens (tertiary/aromatic N) is 1. The third-order valence-corrected chi connectivity index (χ3v) is 5.89. The standard InChI is InChI=1S/C22H42ClN/c1-4-5-6-7-8-9-10-11-12-13-14-15-17-24-18-16-21(20(2)3)19-22(24)23/h19-21H,4-18H2,1-3H3. The van der Waals surface area contributed by atoms with Crippen LogP contribution in [0.25, 0.3) is 0 Å². The molecule has 0 saturated carbocycles. The lowest BCUT2D eigenvalue weighted by Gasteiger charge is -2.32. The maximum absolute atomic E-state index is 6.45. The molecule has 1 aliphatic rings. The van der Waals surface area contributed by atoms with Gasteiger partial charge in [-0.1, -0.05) is 103 Å². The zero-order valence-electron chi connectivity index (χ0n) is 16.7. The molecule has 0 spiro atoms. The summed E-state index contributed by atoms with van der Waals surface area (Å²) in [5.74, 6) is 1.39. The SMILES string of the molecule is CCCCCCCCCCCCCCN1CCC(C(C)C)C=C1Cl. The summed E-state index contributed by atoms with van der Waals surface area (Å²) in [4.78, 5) is 2.39. The second-order valence-electron chi connectivity index (χ2n) is 8.06. The van der Waals surface area contributed by atoms with Crippen LogP contribution in [0.3, 0.4) is 0 Å². The van der Waals surface area contributed by atoms with Gasteiger partial charge in [-0.25, -0.2) is 0 Å². The number of hydrogen-bond acceptors (Lipinski definition) is 1. The quantitative estimate of drug-likeness (QED) is 0.227. The van der Waals surface area contributed by atoms with E-state index < -0.39 is 0 Å². The van der Waals surface area contributed by atoms with Gasteiger partial charge in [0.2, 0.25) is 0 Å². The van der Waals surface area contributed by atoms with Crippen molar-refractivity contribution < 1.29 is 0 Å². The van der Waals surface area contributed by atoms with Crippen molar-refractivity contribution in [2.75, 3.05) is 13.1 Å². The molecule has 2 heteroatoms. The number of unbranched alkanes of at least 4 members (excludes halogenated alkanes) is 11. The van der Waals surface area contributed by atoms with Crippen LogP contribution in [0, 0.1) is 11.8 Å². The Kier molecular flexibility index (Phi) is 12.8. The van der Waals surface area contributed by atoms with Gasteiger partial charge in [0.05, 0.1) is 0 Å². The lowest BCUT2D eigenvalue weighted by atomic mass is 9.90. The van der Waals surface area contributed by atoms with Gasteiger partial charge in [-0.05, 0) is 30.8 Å². The number of halogens is 1. The minimum Gasteiger partial charge on any atom is -0.363 e. The lowest BCUT2D eigenvalue weighted by molar-refractivity contribution is 0.279. The summed E-state index contributed by atoms with van der Waals surface area (Å²) in [6, 6.07) is 0. The Labute approximate surface area is 157 Å². The molecule has 0 aliphatic carbocycles. The summed E-state index contributed by atoms with van der Waals surface area (Å²) in [6.07, 6.45) is 20.5. The van der Waals surface area contributed by atoms with Crippen LogP contribution >= 0.6 is 11.6 Å². The first-order chi connectivity index (χ1) is 11.6. The van der Waals surface area contributed by atoms with E-state index in [2.05, 4.69) is 31.7 Å². The number of hydrogen-bond donors (Lipinski definition) is 0. The fourth-order valence-electron chi connectivity index (χ4n) is 3.67. The monoisotopic (exact) mass is 355 g/mol. The normalized spacial score (nSPS) is 18.3. The molecule has 142 valence electrons. The molecule has 0 aromatic carbocycles. The molecule has 1 atom stereocenters. The summed E-state index contributed by atoms with van der Waals surface area (Å²) < 4.78 is 0. The van der Waals surface area contributed by atoms with E-state index in [1.54, 1.807) is 0 Å². The second-order valence-corrected chi connectivity index (χ2v) is 8.45. The fraction of sp³-hybridized carbons (Fsp3) is 0.909. The number of rotatable bonds is 14. The minimum atomic E-state index is 0.677. The molecule has 0 bridgehead atoms. The van der Waals surface area contributed by atoms with Crippen molar-refractivity contribution in [3.63, 3.8) is 0 Å². The van der Waals surface area contributed by atoms with Crippen LogP contribution in [0.1, 0.15) is 104 Å². The van der Waals surface area contributed by atoms with Gasteiger partial charge in [0, 0.05) is 13.1 Å². The molecule has 1 unspecified atom stereocenters. The smallest absolute Gasteiger partial charge is 0.101 e. The van der Waals surface area contributed by atoms with Gasteiger partial charge in [-0.15, -0.1) is 0 Å². The Bertz CT molecular complexity index is 324. The van der Waals surface area contributed by atoms with Crippen LogP contribution in [0.15, 0.2) is 11.2 Å². The van der Waals surface area contributed by atoms with E-state index in [4.69, 9.17) is 11.6 Å². The summed E-state index contributed by atoms with van der Waals surface area (Å²) in [6.45, 7) is 9.18. The van der Waals surface area contributed by atoms with Crippen LogP contribution in [0.4, 0.5) is 0 Å². The molecular formula is C22H42ClN. The van der Waals surface area contributed by atoms with E-state index in [0.29, 0.717) is 11.8 Å². The lowest BCUT2D eigenvalue weighted by Crippen LogP contribution is -2.30. The first-order valence-electron chi connectivity index (χ1n) is 10.8. The van der Waals surface area contributed by atoms with E-state index in [1.807, 2.05) is 0 Å². The second kappa shape index (κ2) is 14.0. The Hall–Kier alpha value is -0.170. The highest BCUT2D eigenvalue weighted by Gasteiger charge is 2.20. The van der Waals surface area contributed by atoms with Crippen molar-refractivity contribution >= 4 is 11.6 Å². The van der Waals surface area contributed by atoms with Crippen molar-refractivity contribution in [2.24, 2.45) is 11.8 Å². The Morgan fingerprint density at radius 2 is 1.42 bits per heavy atom. The third-order valence-electron chi connectivity index (χ3n) is 5.52. The Morgan fingerprint density at radius 1 is 0.917 bits per heavy atom. The van der Waals surface area contributed by atoms with Crippen LogP contribution in [-0.4, -0.2) is 18.0 Å². The van der Waals surface area contributed by atoms with Gasteiger partial charge in [-0.3, -0.25) is 0 Å². The van der Waals surface area contributed by atoms with E-state index in [-0.39, 0.29) is 0 Å². The zero-order chi connectivity index (χ0) is 17.6. The summed E-state index contributed by atoms with van der Waals surface area (Å²) in [7, 11) is 0. The highest BCUT2D eigenvalue weighted by molar-refractivity contribution is 6.29. The molecule has 1 nitrogen and oxygen atoms in total. The van der Waals surface area contributed by atoms with Gasteiger partial charge in [0.15, 0.2) is 0 Å². The van der Waals surface area contributed by atoms with E-state index >= 15 is 0 Å². The average Bonchev–Trinajstić information content (AvgIpc) is 2.57. The molecule has 1 aliphatic heterocycles. The third kappa shape index (κ3) is 9.97. The summed E-state index contributed by atoms with van der Waals surface area (Å²) in [5.41, 5.74) is 0. The molecule has 0 aromatic heterocycles. The van der Waals surface area contributed by atoms with Gasteiger partial charge in [0.25, 0.3) is 0 Å². The molecule has 24 heavy (non-hydrogen) atoms. The molecule has 0 amide bonds. The molecule has 0 radical (unpaired) electrons. The van der Waals surface area contributed by atoms with Crippen LogP contribution < -0.4 is 0 Å². The minimum absolute atomic E-state index is 0.677. The molecule has 0 fully saturated rings. The molecule has 0 saturated heterocycles. The van der Waals surface area contributed by atoms with E-state index in [1.165, 1.54) is 83.5 Å². The zero-order valence-corrected chi connectivity index (χ0v) is 17.4. The molecular weight excluding hydrogens is 314 g/mol. The van der Waals surface area contributed by atoms with Gasteiger partial charge >= 0.3 is 0 Å². The van der Waals surface area contributed by atoms with Gasteiger partial charge < -0.3 is 4.90 Å². The predicted octanol–water partition coefficient (Wildman–Crippen LogP) is 7.75. The first kappa shape index (κ1) is 21.9. The van der Waals surface area contributed by atoms with Crippen molar-refractivity contribution in [3.05, 3.63) is 11.2 Å². The maximum Gasteiger partial charge on any atom is 0.101 e.